The van der Waals surface area contributed by atoms with Crippen molar-refractivity contribution < 1.29 is 14.8 Å². The van der Waals surface area contributed by atoms with Gasteiger partial charge in [-0.1, -0.05) is 43.7 Å². The highest BCUT2D eigenvalue weighted by atomic mass is 16.5. The summed E-state index contributed by atoms with van der Waals surface area (Å²) in [5, 5.41) is 13.1. The Kier molecular flexibility index (Phi) is 6.51. The number of carbonyl (C=O) groups excluding carboxylic acids is 2. The third kappa shape index (κ3) is 4.36. The molecule has 32 heavy (non-hydrogen) atoms. The maximum absolute atomic E-state index is 12.7. The molecule has 4 rings (SSSR count). The highest BCUT2D eigenvalue weighted by Gasteiger charge is 2.34. The van der Waals surface area contributed by atoms with Gasteiger partial charge in [-0.05, 0) is 67.5 Å². The molecule has 0 radical (unpaired) electrons. The van der Waals surface area contributed by atoms with Crippen LogP contribution in [0, 0.1) is 12.8 Å². The standard InChI is InChI=1S/C26H29N3O3/c1-3-19-16(2)27-23-9-5-4-7-20(23)22(19)15-17-11-13-18(14-12-17)25(30)28-24-10-6-8-21(24)26(31)29-32/h4-5,7,9,11-14,21,24,32H,3,6,8,10,15H2,1-2H3,(H,28,30)(H,29,31). The van der Waals surface area contributed by atoms with Gasteiger partial charge in [0, 0.05) is 22.7 Å². The van der Waals surface area contributed by atoms with Gasteiger partial charge in [0.05, 0.1) is 11.4 Å². The van der Waals surface area contributed by atoms with E-state index in [-0.39, 0.29) is 17.9 Å². The van der Waals surface area contributed by atoms with E-state index in [2.05, 4.69) is 25.2 Å². The minimum atomic E-state index is -0.435. The largest absolute Gasteiger partial charge is 0.349 e. The van der Waals surface area contributed by atoms with E-state index in [4.69, 9.17) is 10.2 Å². The average molecular weight is 432 g/mol. The number of aryl methyl sites for hydroxylation is 1. The molecule has 2 aromatic carbocycles. The normalized spacial score (nSPS) is 18.0. The van der Waals surface area contributed by atoms with Crippen LogP contribution in [0.15, 0.2) is 48.5 Å². The summed E-state index contributed by atoms with van der Waals surface area (Å²) in [4.78, 5) is 29.3. The predicted octanol–water partition coefficient (Wildman–Crippen LogP) is 4.10. The van der Waals surface area contributed by atoms with Gasteiger partial charge >= 0.3 is 0 Å². The summed E-state index contributed by atoms with van der Waals surface area (Å²) in [5.41, 5.74) is 8.04. The quantitative estimate of drug-likeness (QED) is 0.405. The fourth-order valence-electron chi connectivity index (χ4n) is 4.89. The SMILES string of the molecule is CCc1c(C)nc2ccccc2c1Cc1ccc(C(=O)NC2CCCC2C(=O)NO)cc1. The molecule has 0 bridgehead atoms. The lowest BCUT2D eigenvalue weighted by atomic mass is 9.93. The molecule has 2 amide bonds. The number of hydrogen-bond donors (Lipinski definition) is 3. The van der Waals surface area contributed by atoms with Crippen molar-refractivity contribution in [1.29, 1.82) is 0 Å². The van der Waals surface area contributed by atoms with Crippen LogP contribution in [0.1, 0.15) is 58.9 Å². The van der Waals surface area contributed by atoms with Gasteiger partial charge in [-0.15, -0.1) is 0 Å². The molecular formula is C26H29N3O3. The fourth-order valence-corrected chi connectivity index (χ4v) is 4.89. The molecule has 6 heteroatoms. The van der Waals surface area contributed by atoms with Crippen LogP contribution in [0.4, 0.5) is 0 Å². The number of nitrogens with zero attached hydrogens (tertiary/aromatic N) is 1. The highest BCUT2D eigenvalue weighted by molar-refractivity contribution is 5.95. The smallest absolute Gasteiger partial charge is 0.251 e. The number of aromatic nitrogens is 1. The van der Waals surface area contributed by atoms with E-state index in [0.717, 1.165) is 42.5 Å². The Morgan fingerprint density at radius 1 is 1.06 bits per heavy atom. The maximum Gasteiger partial charge on any atom is 0.251 e. The Hall–Kier alpha value is -3.25. The van der Waals surface area contributed by atoms with Crippen molar-refractivity contribution in [3.05, 3.63) is 76.5 Å². The van der Waals surface area contributed by atoms with Gasteiger partial charge in [0.15, 0.2) is 0 Å². The van der Waals surface area contributed by atoms with Crippen LogP contribution in [-0.2, 0) is 17.6 Å². The van der Waals surface area contributed by atoms with Crippen molar-refractivity contribution in [3.8, 4) is 0 Å². The molecular weight excluding hydrogens is 402 g/mol. The van der Waals surface area contributed by atoms with E-state index in [1.54, 1.807) is 5.48 Å². The first-order valence-electron chi connectivity index (χ1n) is 11.2. The fraction of sp³-hybridized carbons (Fsp3) is 0.346. The molecule has 0 aliphatic heterocycles. The van der Waals surface area contributed by atoms with Crippen LogP contribution in [0.2, 0.25) is 0 Å². The molecule has 0 saturated heterocycles. The Balaban J connectivity index is 1.53. The van der Waals surface area contributed by atoms with Gasteiger partial charge < -0.3 is 5.32 Å². The van der Waals surface area contributed by atoms with Crippen LogP contribution in [0.5, 0.6) is 0 Å². The molecule has 1 aliphatic rings. The first kappa shape index (κ1) is 22.0. The number of para-hydroxylation sites is 1. The van der Waals surface area contributed by atoms with Crippen LogP contribution in [0.3, 0.4) is 0 Å². The second-order valence-corrected chi connectivity index (χ2v) is 8.49. The van der Waals surface area contributed by atoms with E-state index >= 15 is 0 Å². The van der Waals surface area contributed by atoms with E-state index in [9.17, 15) is 9.59 Å². The number of amides is 2. The Morgan fingerprint density at radius 2 is 1.81 bits per heavy atom. The number of hydroxylamine groups is 1. The van der Waals surface area contributed by atoms with Crippen molar-refractivity contribution in [2.24, 2.45) is 5.92 Å². The minimum Gasteiger partial charge on any atom is -0.349 e. The first-order valence-corrected chi connectivity index (χ1v) is 11.2. The molecule has 1 fully saturated rings. The highest BCUT2D eigenvalue weighted by Crippen LogP contribution is 2.28. The van der Waals surface area contributed by atoms with Gasteiger partial charge in [-0.2, -0.15) is 0 Å². The number of fused-ring (bicyclic) bond motifs is 1. The van der Waals surface area contributed by atoms with E-state index in [0.29, 0.717) is 12.0 Å². The van der Waals surface area contributed by atoms with E-state index in [1.165, 1.54) is 16.5 Å². The lowest BCUT2D eigenvalue weighted by Gasteiger charge is -2.19. The zero-order valence-corrected chi connectivity index (χ0v) is 18.5. The number of pyridine rings is 1. The molecule has 2 atom stereocenters. The second-order valence-electron chi connectivity index (χ2n) is 8.49. The van der Waals surface area contributed by atoms with Gasteiger partial charge in [-0.3, -0.25) is 19.8 Å². The van der Waals surface area contributed by atoms with Crippen molar-refractivity contribution >= 4 is 22.7 Å². The topological polar surface area (TPSA) is 91.3 Å². The molecule has 1 saturated carbocycles. The first-order chi connectivity index (χ1) is 15.5. The summed E-state index contributed by atoms with van der Waals surface area (Å²) in [7, 11) is 0. The number of rotatable bonds is 6. The summed E-state index contributed by atoms with van der Waals surface area (Å²) in [6.07, 6.45) is 3.94. The van der Waals surface area contributed by atoms with Gasteiger partial charge in [0.2, 0.25) is 5.91 Å². The van der Waals surface area contributed by atoms with Crippen molar-refractivity contribution in [1.82, 2.24) is 15.8 Å². The molecule has 6 nitrogen and oxygen atoms in total. The molecule has 1 aromatic heterocycles. The number of benzene rings is 2. The van der Waals surface area contributed by atoms with E-state index in [1.807, 2.05) is 42.5 Å². The Morgan fingerprint density at radius 3 is 2.53 bits per heavy atom. The van der Waals surface area contributed by atoms with Crippen molar-refractivity contribution in [2.45, 2.75) is 52.0 Å². The summed E-state index contributed by atoms with van der Waals surface area (Å²) in [6.45, 7) is 4.22. The Bertz CT molecular complexity index is 1140. The third-order valence-electron chi connectivity index (χ3n) is 6.55. The molecule has 1 heterocycles. The number of hydrogen-bond acceptors (Lipinski definition) is 4. The van der Waals surface area contributed by atoms with Gasteiger partial charge in [-0.25, -0.2) is 5.48 Å². The van der Waals surface area contributed by atoms with Gasteiger partial charge in [0.1, 0.15) is 0 Å². The van der Waals surface area contributed by atoms with Gasteiger partial charge in [0.25, 0.3) is 5.91 Å². The zero-order valence-electron chi connectivity index (χ0n) is 18.5. The minimum absolute atomic E-state index is 0.196. The Labute approximate surface area is 188 Å². The molecule has 0 spiro atoms. The van der Waals surface area contributed by atoms with Crippen LogP contribution >= 0.6 is 0 Å². The molecule has 3 aromatic rings. The molecule has 166 valence electrons. The summed E-state index contributed by atoms with van der Waals surface area (Å²) < 4.78 is 0. The molecule has 2 unspecified atom stereocenters. The summed E-state index contributed by atoms with van der Waals surface area (Å²) in [5.74, 6) is -1.02. The third-order valence-corrected chi connectivity index (χ3v) is 6.55. The summed E-state index contributed by atoms with van der Waals surface area (Å²) >= 11 is 0. The molecule has 3 N–H and O–H groups in total. The lowest BCUT2D eigenvalue weighted by molar-refractivity contribution is -0.133. The zero-order chi connectivity index (χ0) is 22.7. The van der Waals surface area contributed by atoms with E-state index < -0.39 is 5.91 Å². The number of nitrogens with one attached hydrogen (secondary N) is 2. The second kappa shape index (κ2) is 9.49. The van der Waals surface area contributed by atoms with Crippen LogP contribution in [-0.4, -0.2) is 28.0 Å². The summed E-state index contributed by atoms with van der Waals surface area (Å²) in [6, 6.07) is 15.6. The van der Waals surface area contributed by atoms with Crippen molar-refractivity contribution in [3.63, 3.8) is 0 Å². The van der Waals surface area contributed by atoms with Crippen molar-refractivity contribution in [2.75, 3.05) is 0 Å². The lowest BCUT2D eigenvalue weighted by Crippen LogP contribution is -2.43. The monoisotopic (exact) mass is 431 g/mol. The van der Waals surface area contributed by atoms with Crippen LogP contribution in [0.25, 0.3) is 10.9 Å². The number of carbonyl (C=O) groups is 2. The molecule has 1 aliphatic carbocycles. The predicted molar refractivity (Wildman–Crippen MR) is 124 cm³/mol. The maximum atomic E-state index is 12.7. The average Bonchev–Trinajstić information content (AvgIpc) is 3.27. The van der Waals surface area contributed by atoms with Crippen LogP contribution < -0.4 is 10.8 Å².